The molecule has 2 aliphatic rings. The molecule has 0 radical (unpaired) electrons. The van der Waals surface area contributed by atoms with Crippen LogP contribution >= 0.6 is 0 Å². The van der Waals surface area contributed by atoms with Gasteiger partial charge in [0.1, 0.15) is 17.3 Å². The van der Waals surface area contributed by atoms with Crippen LogP contribution in [0.1, 0.15) is 5.56 Å². The van der Waals surface area contributed by atoms with Gasteiger partial charge in [0.05, 0.1) is 10.5 Å². The fraction of sp³-hybridized carbons (Fsp3) is 0.316. The molecule has 0 aliphatic carbocycles. The van der Waals surface area contributed by atoms with Gasteiger partial charge in [-0.1, -0.05) is 12.1 Å². The zero-order valence-corrected chi connectivity index (χ0v) is 15.7. The molecular weight excluding hydrogens is 350 g/mol. The molecule has 0 amide bonds. The van der Waals surface area contributed by atoms with Crippen molar-refractivity contribution in [3.8, 4) is 11.5 Å². The van der Waals surface area contributed by atoms with Crippen LogP contribution in [0.15, 0.2) is 52.4 Å². The predicted octanol–water partition coefficient (Wildman–Crippen LogP) is 2.52. The quantitative estimate of drug-likeness (QED) is 0.771. The average molecular weight is 371 g/mol. The molecule has 0 unspecified atom stereocenters. The number of piperazine rings is 1. The van der Waals surface area contributed by atoms with E-state index in [0.717, 1.165) is 37.7 Å². The van der Waals surface area contributed by atoms with Gasteiger partial charge in [-0.3, -0.25) is 0 Å². The Morgan fingerprint density at radius 2 is 1.73 bits per heavy atom. The fourth-order valence-corrected chi connectivity index (χ4v) is 3.84. The summed E-state index contributed by atoms with van der Waals surface area (Å²) in [7, 11) is -1.22. The lowest BCUT2D eigenvalue weighted by Gasteiger charge is -2.34. The summed E-state index contributed by atoms with van der Waals surface area (Å²) in [6, 6.07) is 12.6. The van der Waals surface area contributed by atoms with Gasteiger partial charge in [0.15, 0.2) is 15.6 Å². The molecule has 6 nitrogen and oxygen atoms in total. The number of fused-ring (bicyclic) bond motifs is 2. The molecule has 2 heterocycles. The number of hydrogen-bond acceptors (Lipinski definition) is 6. The number of rotatable bonds is 1. The second-order valence-corrected chi connectivity index (χ2v) is 8.74. The van der Waals surface area contributed by atoms with Gasteiger partial charge in [0.25, 0.3) is 0 Å². The zero-order chi connectivity index (χ0) is 18.3. The summed E-state index contributed by atoms with van der Waals surface area (Å²) in [4.78, 5) is 9.60. The summed E-state index contributed by atoms with van der Waals surface area (Å²) in [5, 5.41) is 0. The lowest BCUT2D eigenvalue weighted by Crippen LogP contribution is -2.47. The van der Waals surface area contributed by atoms with Gasteiger partial charge in [0, 0.05) is 32.4 Å². The van der Waals surface area contributed by atoms with Crippen LogP contribution in [-0.2, 0) is 9.84 Å². The van der Waals surface area contributed by atoms with Crippen molar-refractivity contribution in [1.82, 2.24) is 9.80 Å². The Balaban J connectivity index is 1.88. The van der Waals surface area contributed by atoms with Crippen LogP contribution in [0.5, 0.6) is 11.5 Å². The molecule has 136 valence electrons. The lowest BCUT2D eigenvalue weighted by atomic mass is 10.1. The minimum absolute atomic E-state index is 0.271. The molecule has 2 aromatic rings. The number of para-hydroxylation sites is 2. The molecule has 7 heteroatoms. The number of ether oxygens (including phenoxy) is 1. The minimum Gasteiger partial charge on any atom is -0.454 e. The van der Waals surface area contributed by atoms with E-state index in [1.165, 1.54) is 6.26 Å². The molecule has 2 aromatic carbocycles. The highest BCUT2D eigenvalue weighted by molar-refractivity contribution is 7.90. The summed E-state index contributed by atoms with van der Waals surface area (Å²) < 4.78 is 30.2. The molecule has 1 saturated heterocycles. The molecule has 26 heavy (non-hydrogen) atoms. The van der Waals surface area contributed by atoms with Crippen LogP contribution in [0.25, 0.3) is 0 Å². The maximum atomic E-state index is 12.0. The number of aliphatic imine (C=N–C) groups is 1. The van der Waals surface area contributed by atoms with Gasteiger partial charge in [0.2, 0.25) is 0 Å². The molecule has 0 saturated carbocycles. The van der Waals surface area contributed by atoms with E-state index in [2.05, 4.69) is 16.8 Å². The summed E-state index contributed by atoms with van der Waals surface area (Å²) in [5.41, 5.74) is 1.47. The standard InChI is InChI=1S/C19H21N3O3S/c1-21-9-11-22(12-10-21)19-15-13-14(26(2,23)24)7-8-17(15)25-18-6-4-3-5-16(18)20-19/h3-8,13H,9-12H2,1-2H3. The number of benzene rings is 2. The normalized spacial score (nSPS) is 17.6. The van der Waals surface area contributed by atoms with Gasteiger partial charge >= 0.3 is 0 Å². The molecule has 2 aliphatic heterocycles. The number of nitrogens with zero attached hydrogens (tertiary/aromatic N) is 3. The van der Waals surface area contributed by atoms with Crippen molar-refractivity contribution >= 4 is 21.4 Å². The van der Waals surface area contributed by atoms with Crippen LogP contribution in [0.2, 0.25) is 0 Å². The zero-order valence-electron chi connectivity index (χ0n) is 14.8. The van der Waals surface area contributed by atoms with Crippen molar-refractivity contribution in [2.45, 2.75) is 4.90 Å². The highest BCUT2D eigenvalue weighted by Gasteiger charge is 2.26. The molecular formula is C19H21N3O3S. The van der Waals surface area contributed by atoms with Gasteiger partial charge in [-0.05, 0) is 37.4 Å². The smallest absolute Gasteiger partial charge is 0.175 e. The Kier molecular flexibility index (Phi) is 4.20. The number of hydrogen-bond donors (Lipinski definition) is 0. The van der Waals surface area contributed by atoms with E-state index in [0.29, 0.717) is 17.1 Å². The highest BCUT2D eigenvalue weighted by atomic mass is 32.2. The Hall–Kier alpha value is -2.38. The van der Waals surface area contributed by atoms with Crippen molar-refractivity contribution in [2.24, 2.45) is 4.99 Å². The van der Waals surface area contributed by atoms with Crippen LogP contribution in [0, 0.1) is 0 Å². The first-order chi connectivity index (χ1) is 12.4. The molecule has 0 N–H and O–H groups in total. The van der Waals surface area contributed by atoms with Crippen LogP contribution in [0.4, 0.5) is 5.69 Å². The van der Waals surface area contributed by atoms with Crippen LogP contribution in [-0.4, -0.2) is 63.5 Å². The van der Waals surface area contributed by atoms with Crippen molar-refractivity contribution in [3.63, 3.8) is 0 Å². The van der Waals surface area contributed by atoms with E-state index in [1.54, 1.807) is 18.2 Å². The minimum atomic E-state index is -3.32. The first-order valence-electron chi connectivity index (χ1n) is 8.55. The maximum Gasteiger partial charge on any atom is 0.175 e. The molecule has 1 fully saturated rings. The van der Waals surface area contributed by atoms with Gasteiger partial charge in [-0.2, -0.15) is 0 Å². The number of amidine groups is 1. The Morgan fingerprint density at radius 1 is 1.00 bits per heavy atom. The Bertz CT molecular complexity index is 977. The van der Waals surface area contributed by atoms with E-state index < -0.39 is 9.84 Å². The summed E-state index contributed by atoms with van der Waals surface area (Å²) in [6.07, 6.45) is 1.22. The lowest BCUT2D eigenvalue weighted by molar-refractivity contribution is 0.215. The van der Waals surface area contributed by atoms with Crippen LogP contribution in [0.3, 0.4) is 0 Å². The van der Waals surface area contributed by atoms with Crippen molar-refractivity contribution in [2.75, 3.05) is 39.5 Å². The Morgan fingerprint density at radius 3 is 2.46 bits per heavy atom. The monoisotopic (exact) mass is 371 g/mol. The first kappa shape index (κ1) is 17.1. The largest absolute Gasteiger partial charge is 0.454 e. The third-order valence-corrected chi connectivity index (χ3v) is 5.84. The Labute approximate surface area is 153 Å². The first-order valence-corrected chi connectivity index (χ1v) is 10.4. The van der Waals surface area contributed by atoms with E-state index in [1.807, 2.05) is 24.3 Å². The third kappa shape index (κ3) is 3.20. The highest BCUT2D eigenvalue weighted by Crippen LogP contribution is 2.38. The van der Waals surface area contributed by atoms with Crippen molar-refractivity contribution in [3.05, 3.63) is 48.0 Å². The number of likely N-dealkylation sites (N-methyl/N-ethyl adjacent to an activating group) is 1. The van der Waals surface area contributed by atoms with Crippen molar-refractivity contribution < 1.29 is 13.2 Å². The number of sulfone groups is 1. The van der Waals surface area contributed by atoms with Gasteiger partial charge < -0.3 is 14.5 Å². The molecule has 0 aromatic heterocycles. The summed E-state index contributed by atoms with van der Waals surface area (Å²) in [6.45, 7) is 3.53. The van der Waals surface area contributed by atoms with E-state index in [4.69, 9.17) is 9.73 Å². The van der Waals surface area contributed by atoms with E-state index >= 15 is 0 Å². The molecule has 4 rings (SSSR count). The fourth-order valence-electron chi connectivity index (χ4n) is 3.19. The second kappa shape index (κ2) is 6.41. The summed E-state index contributed by atoms with van der Waals surface area (Å²) in [5.74, 6) is 2.06. The SMILES string of the molecule is CN1CCN(C2=Nc3ccccc3Oc3ccc(S(C)(=O)=O)cc32)CC1. The third-order valence-electron chi connectivity index (χ3n) is 4.73. The average Bonchev–Trinajstić information content (AvgIpc) is 2.77. The van der Waals surface area contributed by atoms with Crippen LogP contribution < -0.4 is 4.74 Å². The molecule has 0 bridgehead atoms. The molecule has 0 atom stereocenters. The van der Waals surface area contributed by atoms with Gasteiger partial charge in [-0.15, -0.1) is 0 Å². The predicted molar refractivity (Wildman–Crippen MR) is 101 cm³/mol. The summed E-state index contributed by atoms with van der Waals surface area (Å²) >= 11 is 0. The molecule has 0 spiro atoms. The maximum absolute atomic E-state index is 12.0. The van der Waals surface area contributed by atoms with E-state index in [9.17, 15) is 8.42 Å². The van der Waals surface area contributed by atoms with E-state index in [-0.39, 0.29) is 4.90 Å². The second-order valence-electron chi connectivity index (χ2n) is 6.73. The van der Waals surface area contributed by atoms with Crippen molar-refractivity contribution in [1.29, 1.82) is 0 Å². The topological polar surface area (TPSA) is 62.2 Å². The van der Waals surface area contributed by atoms with Gasteiger partial charge in [-0.25, -0.2) is 13.4 Å².